The van der Waals surface area contributed by atoms with Gasteiger partial charge in [0.15, 0.2) is 0 Å². The topological polar surface area (TPSA) is 90.4 Å². The van der Waals surface area contributed by atoms with Gasteiger partial charge in [-0.1, -0.05) is 86.7 Å². The Morgan fingerprint density at radius 1 is 0.800 bits per heavy atom. The number of hydrogen-bond donors (Lipinski definition) is 1. The molecule has 45 heavy (non-hydrogen) atoms. The summed E-state index contributed by atoms with van der Waals surface area (Å²) in [4.78, 5) is 49.3. The molecule has 7 rings (SSSR count). The number of ether oxygens (including phenoxy) is 1. The monoisotopic (exact) mass is 605 g/mol. The predicted octanol–water partition coefficient (Wildman–Crippen LogP) is 4.72. The minimum Gasteiger partial charge on any atom is -0.394 e. The Morgan fingerprint density at radius 2 is 1.47 bits per heavy atom. The van der Waals surface area contributed by atoms with Gasteiger partial charge >= 0.3 is 0 Å². The lowest BCUT2D eigenvalue weighted by molar-refractivity contribution is -0.148. The van der Waals surface area contributed by atoms with Crippen molar-refractivity contribution in [2.75, 3.05) is 29.5 Å². The van der Waals surface area contributed by atoms with Crippen LogP contribution < -0.4 is 9.80 Å². The first-order valence-electron chi connectivity index (χ1n) is 15.8. The molecule has 4 aliphatic rings. The SMILES string of the molecule is CC(C)C[C@H](CO)N1C(=O)[C@@H]2[C@@H]3C(=O)N(c4ccccc4)CC=C[C@]3(C)O[C@@]23C=CCN(c2ccc4ccccc4c2)C(=O)C13. The Kier molecular flexibility index (Phi) is 7.17. The molecule has 0 aromatic heterocycles. The number of carbonyl (C=O) groups is 3. The van der Waals surface area contributed by atoms with Crippen LogP contribution in [0, 0.1) is 17.8 Å². The number of likely N-dealkylation sites (tertiary alicyclic amines) is 1. The number of rotatable bonds is 6. The van der Waals surface area contributed by atoms with Crippen LogP contribution in [0.25, 0.3) is 10.8 Å². The van der Waals surface area contributed by atoms with E-state index in [-0.39, 0.29) is 36.8 Å². The van der Waals surface area contributed by atoms with Gasteiger partial charge in [0.2, 0.25) is 11.8 Å². The maximum atomic E-state index is 14.9. The van der Waals surface area contributed by atoms with Crippen molar-refractivity contribution >= 4 is 39.9 Å². The van der Waals surface area contributed by atoms with Crippen LogP contribution in [0.4, 0.5) is 11.4 Å². The maximum absolute atomic E-state index is 14.9. The van der Waals surface area contributed by atoms with E-state index in [0.29, 0.717) is 18.7 Å². The molecule has 4 aliphatic heterocycles. The molecule has 8 nitrogen and oxygen atoms in total. The van der Waals surface area contributed by atoms with Crippen molar-refractivity contribution in [1.82, 2.24) is 4.90 Å². The van der Waals surface area contributed by atoms with Gasteiger partial charge in [0, 0.05) is 24.5 Å². The van der Waals surface area contributed by atoms with Crippen molar-refractivity contribution in [2.24, 2.45) is 17.8 Å². The van der Waals surface area contributed by atoms with Crippen LogP contribution in [0.3, 0.4) is 0 Å². The Labute approximate surface area is 263 Å². The van der Waals surface area contributed by atoms with Gasteiger partial charge in [-0.25, -0.2) is 0 Å². The number of carbonyl (C=O) groups excluding carboxylic acids is 3. The molecule has 1 N–H and O–H groups in total. The highest BCUT2D eigenvalue weighted by Crippen LogP contribution is 2.58. The summed E-state index contributed by atoms with van der Waals surface area (Å²) in [6.07, 6.45) is 8.06. The lowest BCUT2D eigenvalue weighted by atomic mass is 9.74. The lowest BCUT2D eigenvalue weighted by Crippen LogP contribution is -2.59. The van der Waals surface area contributed by atoms with Gasteiger partial charge < -0.3 is 24.5 Å². The van der Waals surface area contributed by atoms with E-state index in [1.54, 1.807) is 14.7 Å². The number of fused-ring (bicyclic) bond motifs is 3. The molecule has 6 atom stereocenters. The molecule has 1 unspecified atom stereocenters. The van der Waals surface area contributed by atoms with Crippen LogP contribution in [0.2, 0.25) is 0 Å². The van der Waals surface area contributed by atoms with Gasteiger partial charge in [-0.05, 0) is 54.3 Å². The Balaban J connectivity index is 1.37. The maximum Gasteiger partial charge on any atom is 0.253 e. The Bertz CT molecular complexity index is 1720. The number of aliphatic hydroxyl groups excluding tert-OH is 1. The molecular weight excluding hydrogens is 566 g/mol. The summed E-state index contributed by atoms with van der Waals surface area (Å²) in [7, 11) is 0. The molecule has 2 fully saturated rings. The standard InChI is InChI=1S/C37H39N3O5/c1-24(2)21-29(23-41)40-32-35(44)39(28-16-15-25-11-7-8-12-26(25)22-28)20-10-18-37(32)31(34(40)43)30-33(42)38(27-13-5-4-6-14-27)19-9-17-36(30,3)45-37/h4-18,22,24,29-32,41H,19-21,23H2,1-3H3/t29-,30-,31+,32?,36+,37+/m1/s1. The smallest absolute Gasteiger partial charge is 0.253 e. The number of aliphatic hydroxyl groups is 1. The van der Waals surface area contributed by atoms with Crippen LogP contribution in [0.1, 0.15) is 27.2 Å². The molecular formula is C37H39N3O5. The minimum absolute atomic E-state index is 0.154. The molecule has 8 heteroatoms. The van der Waals surface area contributed by atoms with E-state index >= 15 is 0 Å². The normalized spacial score (nSPS) is 30.0. The number of nitrogens with zero attached hydrogens (tertiary/aromatic N) is 3. The fourth-order valence-electron chi connectivity index (χ4n) is 8.09. The number of amides is 3. The fraction of sp³-hybridized carbons (Fsp3) is 0.378. The minimum atomic E-state index is -1.40. The van der Waals surface area contributed by atoms with E-state index in [1.807, 2.05) is 118 Å². The van der Waals surface area contributed by atoms with Crippen molar-refractivity contribution in [1.29, 1.82) is 0 Å². The van der Waals surface area contributed by atoms with E-state index in [9.17, 15) is 19.5 Å². The van der Waals surface area contributed by atoms with Crippen molar-refractivity contribution in [2.45, 2.75) is 50.5 Å². The summed E-state index contributed by atoms with van der Waals surface area (Å²) >= 11 is 0. The van der Waals surface area contributed by atoms with Crippen molar-refractivity contribution in [3.63, 3.8) is 0 Å². The van der Waals surface area contributed by atoms with Gasteiger partial charge in [-0.2, -0.15) is 0 Å². The predicted molar refractivity (Wildman–Crippen MR) is 174 cm³/mol. The van der Waals surface area contributed by atoms with Crippen LogP contribution in [-0.4, -0.2) is 70.7 Å². The summed E-state index contributed by atoms with van der Waals surface area (Å²) in [5.41, 5.74) is -1.08. The fourth-order valence-corrected chi connectivity index (χ4v) is 8.09. The van der Waals surface area contributed by atoms with Crippen LogP contribution in [0.5, 0.6) is 0 Å². The van der Waals surface area contributed by atoms with E-state index < -0.39 is 35.1 Å². The van der Waals surface area contributed by atoms with Gasteiger partial charge in [-0.15, -0.1) is 0 Å². The molecule has 232 valence electrons. The second-order valence-corrected chi connectivity index (χ2v) is 13.3. The van der Waals surface area contributed by atoms with Gasteiger partial charge in [0.05, 0.1) is 30.1 Å². The third-order valence-corrected chi connectivity index (χ3v) is 9.96. The van der Waals surface area contributed by atoms with E-state index in [2.05, 4.69) is 0 Å². The molecule has 3 amide bonds. The molecule has 2 saturated heterocycles. The van der Waals surface area contributed by atoms with E-state index in [4.69, 9.17) is 4.74 Å². The zero-order valence-corrected chi connectivity index (χ0v) is 25.9. The highest BCUT2D eigenvalue weighted by atomic mass is 16.5. The number of para-hydroxylation sites is 1. The molecule has 0 aliphatic carbocycles. The van der Waals surface area contributed by atoms with Crippen LogP contribution >= 0.6 is 0 Å². The van der Waals surface area contributed by atoms with E-state index in [0.717, 1.165) is 16.5 Å². The largest absolute Gasteiger partial charge is 0.394 e. The van der Waals surface area contributed by atoms with Crippen molar-refractivity contribution in [3.05, 3.63) is 97.1 Å². The number of anilines is 2. The zero-order chi connectivity index (χ0) is 31.5. The second kappa shape index (κ2) is 11.0. The first kappa shape index (κ1) is 29.4. The highest BCUT2D eigenvalue weighted by Gasteiger charge is 2.75. The molecule has 0 radical (unpaired) electrons. The Hall–Kier alpha value is -4.27. The van der Waals surface area contributed by atoms with Gasteiger partial charge in [0.1, 0.15) is 11.6 Å². The van der Waals surface area contributed by atoms with Gasteiger partial charge in [-0.3, -0.25) is 14.4 Å². The molecule has 3 aromatic rings. The average Bonchev–Trinajstić information content (AvgIpc) is 3.31. The second-order valence-electron chi connectivity index (χ2n) is 13.3. The highest BCUT2D eigenvalue weighted by molar-refractivity contribution is 6.08. The third-order valence-electron chi connectivity index (χ3n) is 9.96. The number of benzene rings is 3. The average molecular weight is 606 g/mol. The van der Waals surface area contributed by atoms with Crippen LogP contribution in [-0.2, 0) is 19.1 Å². The summed E-state index contributed by atoms with van der Waals surface area (Å²) < 4.78 is 7.00. The number of hydrogen-bond acceptors (Lipinski definition) is 5. The third kappa shape index (κ3) is 4.53. The summed E-state index contributed by atoms with van der Waals surface area (Å²) in [5, 5.41) is 12.7. The molecule has 0 bridgehead atoms. The summed E-state index contributed by atoms with van der Waals surface area (Å²) in [6, 6.07) is 21.6. The van der Waals surface area contributed by atoms with Crippen molar-refractivity contribution in [3.8, 4) is 0 Å². The summed E-state index contributed by atoms with van der Waals surface area (Å²) in [6.45, 7) is 6.23. The molecule has 3 aromatic carbocycles. The lowest BCUT2D eigenvalue weighted by Gasteiger charge is -2.40. The van der Waals surface area contributed by atoms with E-state index in [1.165, 1.54) is 0 Å². The van der Waals surface area contributed by atoms with Gasteiger partial charge in [0.25, 0.3) is 5.91 Å². The first-order valence-corrected chi connectivity index (χ1v) is 15.8. The summed E-state index contributed by atoms with van der Waals surface area (Å²) in [5.74, 6) is -2.51. The quantitative estimate of drug-likeness (QED) is 0.411. The van der Waals surface area contributed by atoms with Crippen molar-refractivity contribution < 1.29 is 24.2 Å². The van der Waals surface area contributed by atoms with Crippen LogP contribution in [0.15, 0.2) is 97.1 Å². The molecule has 4 heterocycles. The Morgan fingerprint density at radius 3 is 2.18 bits per heavy atom. The molecule has 0 saturated carbocycles. The molecule has 1 spiro atoms. The zero-order valence-electron chi connectivity index (χ0n) is 25.9. The first-order chi connectivity index (χ1) is 21.7.